The zero-order valence-electron chi connectivity index (χ0n) is 16.7. The van der Waals surface area contributed by atoms with Crippen LogP contribution < -0.4 is 5.32 Å². The van der Waals surface area contributed by atoms with Crippen LogP contribution in [0.15, 0.2) is 47.4 Å². The third-order valence-electron chi connectivity index (χ3n) is 5.27. The molecule has 1 heterocycles. The second kappa shape index (κ2) is 8.45. The quantitative estimate of drug-likeness (QED) is 0.837. The molecule has 1 saturated heterocycles. The number of amides is 1. The second-order valence-corrected chi connectivity index (χ2v) is 9.58. The number of piperidine rings is 1. The molecule has 1 fully saturated rings. The molecule has 2 aromatic rings. The van der Waals surface area contributed by atoms with Crippen molar-refractivity contribution in [2.45, 2.75) is 45.1 Å². The average molecular weight is 401 g/mol. The Kier molecular flexibility index (Phi) is 6.20. The molecule has 1 atom stereocenters. The lowest BCUT2D eigenvalue weighted by Crippen LogP contribution is -2.45. The van der Waals surface area contributed by atoms with E-state index in [1.807, 2.05) is 57.2 Å². The highest BCUT2D eigenvalue weighted by molar-refractivity contribution is 7.89. The molecule has 0 bridgehead atoms. The first-order valence-corrected chi connectivity index (χ1v) is 11.1. The Morgan fingerprint density at radius 3 is 2.61 bits per heavy atom. The van der Waals surface area contributed by atoms with Gasteiger partial charge in [-0.05, 0) is 56.4 Å². The van der Waals surface area contributed by atoms with Crippen molar-refractivity contribution in [3.63, 3.8) is 0 Å². The molecule has 150 valence electrons. The zero-order chi connectivity index (χ0) is 20.3. The van der Waals surface area contributed by atoms with Crippen LogP contribution in [0.25, 0.3) is 0 Å². The van der Waals surface area contributed by atoms with Gasteiger partial charge in [-0.15, -0.1) is 0 Å². The molecule has 6 heteroatoms. The summed E-state index contributed by atoms with van der Waals surface area (Å²) in [4.78, 5) is 13.0. The molecule has 0 radical (unpaired) electrons. The van der Waals surface area contributed by atoms with Gasteiger partial charge in [0.25, 0.3) is 0 Å². The third-order valence-corrected chi connectivity index (χ3v) is 7.27. The summed E-state index contributed by atoms with van der Waals surface area (Å²) in [5, 5.41) is 2.97. The predicted molar refractivity (Wildman–Crippen MR) is 110 cm³/mol. The standard InChI is InChI=1S/C22H28N2O3S/c1-16-6-4-7-19(12-16)14-23-22(25)20-8-5-11-24(15-20)28(26,27)21-13-17(2)9-10-18(21)3/h4,6-7,9-10,12-13,20H,5,8,11,14-15H2,1-3H3,(H,23,25). The Labute approximate surface area is 167 Å². The number of aryl methyl sites for hydroxylation is 3. The first-order chi connectivity index (χ1) is 13.3. The van der Waals surface area contributed by atoms with E-state index in [2.05, 4.69) is 5.32 Å². The zero-order valence-corrected chi connectivity index (χ0v) is 17.6. The number of hydrogen-bond acceptors (Lipinski definition) is 3. The lowest BCUT2D eigenvalue weighted by molar-refractivity contribution is -0.126. The maximum absolute atomic E-state index is 13.1. The number of carbonyl (C=O) groups is 1. The number of sulfonamides is 1. The highest BCUT2D eigenvalue weighted by Crippen LogP contribution is 2.26. The van der Waals surface area contributed by atoms with Gasteiger partial charge in [0.2, 0.25) is 15.9 Å². The number of rotatable bonds is 5. The summed E-state index contributed by atoms with van der Waals surface area (Å²) in [6.07, 6.45) is 1.39. The van der Waals surface area contributed by atoms with Crippen LogP contribution in [-0.2, 0) is 21.4 Å². The van der Waals surface area contributed by atoms with Crippen molar-refractivity contribution in [3.05, 3.63) is 64.7 Å². The topological polar surface area (TPSA) is 66.5 Å². The number of benzene rings is 2. The van der Waals surface area contributed by atoms with E-state index in [-0.39, 0.29) is 18.4 Å². The van der Waals surface area contributed by atoms with Crippen LogP contribution in [0.3, 0.4) is 0 Å². The van der Waals surface area contributed by atoms with Crippen molar-refractivity contribution >= 4 is 15.9 Å². The highest BCUT2D eigenvalue weighted by atomic mass is 32.2. The van der Waals surface area contributed by atoms with Gasteiger partial charge in [-0.2, -0.15) is 4.31 Å². The Hall–Kier alpha value is -2.18. The van der Waals surface area contributed by atoms with E-state index in [0.29, 0.717) is 30.8 Å². The van der Waals surface area contributed by atoms with E-state index in [0.717, 1.165) is 22.3 Å². The Morgan fingerprint density at radius 1 is 1.11 bits per heavy atom. The molecule has 28 heavy (non-hydrogen) atoms. The molecule has 1 unspecified atom stereocenters. The molecule has 1 N–H and O–H groups in total. The van der Waals surface area contributed by atoms with Crippen molar-refractivity contribution in [1.82, 2.24) is 9.62 Å². The number of nitrogens with one attached hydrogen (secondary N) is 1. The van der Waals surface area contributed by atoms with Gasteiger partial charge >= 0.3 is 0 Å². The lowest BCUT2D eigenvalue weighted by atomic mass is 9.98. The van der Waals surface area contributed by atoms with E-state index in [9.17, 15) is 13.2 Å². The van der Waals surface area contributed by atoms with Crippen LogP contribution in [0.4, 0.5) is 0 Å². The lowest BCUT2D eigenvalue weighted by Gasteiger charge is -2.31. The summed E-state index contributed by atoms with van der Waals surface area (Å²) < 4.78 is 27.7. The minimum absolute atomic E-state index is 0.0811. The van der Waals surface area contributed by atoms with Gasteiger partial charge in [0, 0.05) is 19.6 Å². The van der Waals surface area contributed by atoms with Gasteiger partial charge in [0.05, 0.1) is 10.8 Å². The fraction of sp³-hybridized carbons (Fsp3) is 0.409. The fourth-order valence-corrected chi connectivity index (χ4v) is 5.49. The van der Waals surface area contributed by atoms with Crippen LogP contribution in [0.1, 0.15) is 35.1 Å². The van der Waals surface area contributed by atoms with Crippen LogP contribution >= 0.6 is 0 Å². The minimum Gasteiger partial charge on any atom is -0.352 e. The second-order valence-electron chi connectivity index (χ2n) is 7.68. The number of carbonyl (C=O) groups excluding carboxylic acids is 1. The molecule has 1 aliphatic rings. The van der Waals surface area contributed by atoms with Crippen molar-refractivity contribution < 1.29 is 13.2 Å². The number of hydrogen-bond donors (Lipinski definition) is 1. The van der Waals surface area contributed by atoms with Gasteiger partial charge in [0.1, 0.15) is 0 Å². The molecule has 0 spiro atoms. The predicted octanol–water partition coefficient (Wildman–Crippen LogP) is 3.33. The molecule has 1 aliphatic heterocycles. The summed E-state index contributed by atoms with van der Waals surface area (Å²) in [5.74, 6) is -0.402. The largest absolute Gasteiger partial charge is 0.352 e. The summed E-state index contributed by atoms with van der Waals surface area (Å²) in [6.45, 7) is 6.86. The van der Waals surface area contributed by atoms with Crippen molar-refractivity contribution in [2.75, 3.05) is 13.1 Å². The molecular formula is C22H28N2O3S. The van der Waals surface area contributed by atoms with Crippen molar-refractivity contribution in [2.24, 2.45) is 5.92 Å². The van der Waals surface area contributed by atoms with Crippen molar-refractivity contribution in [1.29, 1.82) is 0 Å². The summed E-state index contributed by atoms with van der Waals surface area (Å²) in [6, 6.07) is 13.5. The third kappa shape index (κ3) is 4.62. The highest BCUT2D eigenvalue weighted by Gasteiger charge is 2.34. The molecular weight excluding hydrogens is 372 g/mol. The average Bonchev–Trinajstić information content (AvgIpc) is 2.68. The minimum atomic E-state index is -3.60. The normalized spacial score (nSPS) is 18.0. The number of nitrogens with zero attached hydrogens (tertiary/aromatic N) is 1. The monoisotopic (exact) mass is 400 g/mol. The molecule has 1 amide bonds. The molecule has 0 aliphatic carbocycles. The molecule has 3 rings (SSSR count). The van der Waals surface area contributed by atoms with Crippen LogP contribution in [-0.4, -0.2) is 31.7 Å². The van der Waals surface area contributed by atoms with E-state index >= 15 is 0 Å². The van der Waals surface area contributed by atoms with Crippen LogP contribution in [0, 0.1) is 26.7 Å². The van der Waals surface area contributed by atoms with Gasteiger partial charge in [-0.1, -0.05) is 42.0 Å². The van der Waals surface area contributed by atoms with Gasteiger partial charge in [0.15, 0.2) is 0 Å². The molecule has 5 nitrogen and oxygen atoms in total. The fourth-order valence-electron chi connectivity index (χ4n) is 3.65. The first kappa shape index (κ1) is 20.6. The van der Waals surface area contributed by atoms with E-state index in [1.165, 1.54) is 4.31 Å². The summed E-state index contributed by atoms with van der Waals surface area (Å²) in [5.41, 5.74) is 3.84. The summed E-state index contributed by atoms with van der Waals surface area (Å²) in [7, 11) is -3.60. The van der Waals surface area contributed by atoms with E-state index in [4.69, 9.17) is 0 Å². The Balaban J connectivity index is 1.69. The van der Waals surface area contributed by atoms with Gasteiger partial charge in [-0.25, -0.2) is 8.42 Å². The first-order valence-electron chi connectivity index (χ1n) is 9.68. The molecule has 2 aromatic carbocycles. The Morgan fingerprint density at radius 2 is 1.86 bits per heavy atom. The maximum Gasteiger partial charge on any atom is 0.243 e. The van der Waals surface area contributed by atoms with Gasteiger partial charge < -0.3 is 5.32 Å². The van der Waals surface area contributed by atoms with Crippen molar-refractivity contribution in [3.8, 4) is 0 Å². The summed E-state index contributed by atoms with van der Waals surface area (Å²) >= 11 is 0. The molecule has 0 aromatic heterocycles. The van der Waals surface area contributed by atoms with Gasteiger partial charge in [-0.3, -0.25) is 4.79 Å². The molecule has 0 saturated carbocycles. The maximum atomic E-state index is 13.1. The Bertz CT molecular complexity index is 969. The van der Waals surface area contributed by atoms with Crippen LogP contribution in [0.2, 0.25) is 0 Å². The SMILES string of the molecule is Cc1cccc(CNC(=O)C2CCCN(S(=O)(=O)c3cc(C)ccc3C)C2)c1. The van der Waals surface area contributed by atoms with E-state index in [1.54, 1.807) is 6.07 Å². The van der Waals surface area contributed by atoms with Crippen LogP contribution in [0.5, 0.6) is 0 Å². The van der Waals surface area contributed by atoms with E-state index < -0.39 is 10.0 Å². The smallest absolute Gasteiger partial charge is 0.243 e.